The van der Waals surface area contributed by atoms with Gasteiger partial charge in [-0.15, -0.1) is 0 Å². The number of benzene rings is 1. The molecule has 1 fully saturated rings. The van der Waals surface area contributed by atoms with Crippen molar-refractivity contribution >= 4 is 23.4 Å². The van der Waals surface area contributed by atoms with Crippen molar-refractivity contribution in [2.45, 2.75) is 50.5 Å². The molecule has 1 aromatic carbocycles. The van der Waals surface area contributed by atoms with E-state index in [9.17, 15) is 14.7 Å². The number of urea groups is 1. The molecule has 1 saturated carbocycles. The summed E-state index contributed by atoms with van der Waals surface area (Å²) in [6.07, 6.45) is 2.14. The number of aliphatic hydroxyl groups excluding tert-OH is 1. The van der Waals surface area contributed by atoms with Gasteiger partial charge in [0.15, 0.2) is 12.0 Å². The highest BCUT2D eigenvalue weighted by molar-refractivity contribution is 5.98. The molecule has 10 heteroatoms. The predicted molar refractivity (Wildman–Crippen MR) is 130 cm³/mol. The Hall–Kier alpha value is -3.37. The first-order valence-electron chi connectivity index (χ1n) is 11.3. The lowest BCUT2D eigenvalue weighted by molar-refractivity contribution is -0.111. The third kappa shape index (κ3) is 4.64. The molecule has 2 aromatic rings. The number of hydrogen-bond donors (Lipinski definition) is 5. The molecular formula is C24H33N7O3. The molecule has 2 heterocycles. The number of amides is 3. The van der Waals surface area contributed by atoms with Crippen LogP contribution in [0.3, 0.4) is 0 Å². The fourth-order valence-electron chi connectivity index (χ4n) is 4.49. The van der Waals surface area contributed by atoms with Crippen LogP contribution in [0.5, 0.6) is 0 Å². The average molecular weight is 468 g/mol. The summed E-state index contributed by atoms with van der Waals surface area (Å²) in [4.78, 5) is 28.5. The summed E-state index contributed by atoms with van der Waals surface area (Å²) in [5.41, 5.74) is 2.19. The second kappa shape index (κ2) is 8.77. The number of aromatic nitrogens is 2. The molecule has 34 heavy (non-hydrogen) atoms. The number of rotatable bonds is 8. The average Bonchev–Trinajstić information content (AvgIpc) is 3.29. The van der Waals surface area contributed by atoms with Gasteiger partial charge in [-0.25, -0.2) is 4.79 Å². The molecule has 5 N–H and O–H groups in total. The van der Waals surface area contributed by atoms with Gasteiger partial charge in [-0.1, -0.05) is 18.7 Å². The van der Waals surface area contributed by atoms with Crippen molar-refractivity contribution in [1.82, 2.24) is 25.3 Å². The van der Waals surface area contributed by atoms with Crippen LogP contribution in [0.4, 0.5) is 16.3 Å². The third-order valence-corrected chi connectivity index (χ3v) is 6.51. The molecule has 182 valence electrons. The third-order valence-electron chi connectivity index (χ3n) is 6.51. The Morgan fingerprint density at radius 1 is 1.29 bits per heavy atom. The highest BCUT2D eigenvalue weighted by Gasteiger charge is 2.49. The summed E-state index contributed by atoms with van der Waals surface area (Å²) in [7, 11) is 4.02. The molecule has 3 amide bonds. The van der Waals surface area contributed by atoms with Crippen molar-refractivity contribution in [3.8, 4) is 0 Å². The molecule has 2 aliphatic rings. The number of aliphatic hydroxyl groups is 1. The monoisotopic (exact) mass is 467 g/mol. The highest BCUT2D eigenvalue weighted by atomic mass is 16.3. The van der Waals surface area contributed by atoms with E-state index in [1.807, 2.05) is 27.9 Å². The van der Waals surface area contributed by atoms with Gasteiger partial charge >= 0.3 is 6.03 Å². The van der Waals surface area contributed by atoms with Gasteiger partial charge in [-0.2, -0.15) is 5.10 Å². The number of nitrogens with zero attached hydrogens (tertiary/aromatic N) is 3. The van der Waals surface area contributed by atoms with E-state index in [-0.39, 0.29) is 17.5 Å². The number of anilines is 2. The fourth-order valence-corrected chi connectivity index (χ4v) is 4.49. The molecule has 1 atom stereocenters. The van der Waals surface area contributed by atoms with Crippen LogP contribution in [-0.2, 0) is 16.9 Å². The Balaban J connectivity index is 1.44. The standard InChI is InChI=1S/C24H33N7O3/c1-6-18(32)25-16-9-7-15(8-10-16)21(33)26-20-17-13-31(23(2,3)19(17)28-29-20)22(34)27-24(11-12-24)14-30(4)5/h6-10,21,33H,1,11-14H2,2-5H3,(H,25,32)(H,27,34)(H2,26,28,29). The van der Waals surface area contributed by atoms with Gasteiger partial charge in [0.1, 0.15) is 0 Å². The summed E-state index contributed by atoms with van der Waals surface area (Å²) in [5, 5.41) is 27.1. The Labute approximate surface area is 199 Å². The van der Waals surface area contributed by atoms with Crippen molar-refractivity contribution in [1.29, 1.82) is 0 Å². The Bertz CT molecular complexity index is 1090. The maximum absolute atomic E-state index is 13.2. The van der Waals surface area contributed by atoms with E-state index >= 15 is 0 Å². The maximum Gasteiger partial charge on any atom is 0.318 e. The van der Waals surface area contributed by atoms with E-state index in [0.29, 0.717) is 23.6 Å². The molecular weight excluding hydrogens is 434 g/mol. The number of likely N-dealkylation sites (N-methyl/N-ethyl adjacent to an activating group) is 1. The van der Waals surface area contributed by atoms with Gasteiger partial charge < -0.3 is 30.9 Å². The molecule has 4 rings (SSSR count). The number of fused-ring (bicyclic) bond motifs is 1. The summed E-state index contributed by atoms with van der Waals surface area (Å²) >= 11 is 0. The Kier molecular flexibility index (Phi) is 6.13. The van der Waals surface area contributed by atoms with Gasteiger partial charge in [0.2, 0.25) is 5.91 Å². The summed E-state index contributed by atoms with van der Waals surface area (Å²) in [5.74, 6) is 0.202. The molecule has 0 spiro atoms. The second-order valence-electron chi connectivity index (χ2n) is 9.88. The highest BCUT2D eigenvalue weighted by Crippen LogP contribution is 2.42. The normalized spacial score (nSPS) is 18.2. The van der Waals surface area contributed by atoms with Gasteiger partial charge in [-0.3, -0.25) is 9.89 Å². The van der Waals surface area contributed by atoms with Crippen LogP contribution in [0.25, 0.3) is 0 Å². The number of carbonyl (C=O) groups excluding carboxylic acids is 2. The lowest BCUT2D eigenvalue weighted by atomic mass is 10.0. The van der Waals surface area contributed by atoms with Crippen LogP contribution in [0, 0.1) is 0 Å². The topological polar surface area (TPSA) is 126 Å². The number of nitrogens with one attached hydrogen (secondary N) is 4. The second-order valence-corrected chi connectivity index (χ2v) is 9.88. The summed E-state index contributed by atoms with van der Waals surface area (Å²) in [6.45, 7) is 8.59. The molecule has 0 radical (unpaired) electrons. The van der Waals surface area contributed by atoms with Crippen molar-refractivity contribution in [2.24, 2.45) is 0 Å². The zero-order valence-corrected chi connectivity index (χ0v) is 20.1. The first-order valence-corrected chi connectivity index (χ1v) is 11.3. The van der Waals surface area contributed by atoms with Crippen LogP contribution in [0.2, 0.25) is 0 Å². The van der Waals surface area contributed by atoms with Crippen molar-refractivity contribution < 1.29 is 14.7 Å². The van der Waals surface area contributed by atoms with Crippen LogP contribution < -0.4 is 16.0 Å². The largest absolute Gasteiger partial charge is 0.369 e. The first kappa shape index (κ1) is 23.8. The van der Waals surface area contributed by atoms with E-state index in [0.717, 1.165) is 30.6 Å². The predicted octanol–water partition coefficient (Wildman–Crippen LogP) is 2.49. The number of hydrogen-bond acceptors (Lipinski definition) is 6. The van der Waals surface area contributed by atoms with Gasteiger partial charge in [0.05, 0.1) is 23.3 Å². The van der Waals surface area contributed by atoms with E-state index in [1.54, 1.807) is 29.2 Å². The molecule has 0 bridgehead atoms. The molecule has 1 unspecified atom stereocenters. The van der Waals surface area contributed by atoms with E-state index in [4.69, 9.17) is 0 Å². The lowest BCUT2D eigenvalue weighted by Gasteiger charge is -2.34. The number of carbonyl (C=O) groups is 2. The van der Waals surface area contributed by atoms with Gasteiger partial charge in [0, 0.05) is 23.4 Å². The number of aromatic amines is 1. The molecule has 10 nitrogen and oxygen atoms in total. The van der Waals surface area contributed by atoms with Crippen LogP contribution in [0.15, 0.2) is 36.9 Å². The number of H-pyrrole nitrogens is 1. The minimum Gasteiger partial charge on any atom is -0.369 e. The zero-order chi connectivity index (χ0) is 24.7. The molecule has 1 aromatic heterocycles. The first-order chi connectivity index (χ1) is 16.0. The molecule has 1 aliphatic carbocycles. The zero-order valence-electron chi connectivity index (χ0n) is 20.1. The molecule has 0 saturated heterocycles. The van der Waals surface area contributed by atoms with Crippen molar-refractivity contribution in [2.75, 3.05) is 31.3 Å². The van der Waals surface area contributed by atoms with Gasteiger partial charge in [0.25, 0.3) is 0 Å². The molecule has 1 aliphatic heterocycles. The van der Waals surface area contributed by atoms with E-state index in [1.165, 1.54) is 6.08 Å². The Morgan fingerprint density at radius 3 is 2.56 bits per heavy atom. The van der Waals surface area contributed by atoms with Crippen molar-refractivity contribution in [3.63, 3.8) is 0 Å². The van der Waals surface area contributed by atoms with Gasteiger partial charge in [-0.05, 0) is 59.0 Å². The smallest absolute Gasteiger partial charge is 0.318 e. The summed E-state index contributed by atoms with van der Waals surface area (Å²) in [6, 6.07) is 6.73. The maximum atomic E-state index is 13.2. The minimum atomic E-state index is -1.02. The van der Waals surface area contributed by atoms with Crippen LogP contribution in [-0.4, -0.2) is 63.2 Å². The van der Waals surface area contributed by atoms with E-state index < -0.39 is 11.8 Å². The van der Waals surface area contributed by atoms with Crippen LogP contribution in [0.1, 0.15) is 49.7 Å². The van der Waals surface area contributed by atoms with Crippen molar-refractivity contribution in [3.05, 3.63) is 53.7 Å². The fraction of sp³-hybridized carbons (Fsp3) is 0.458. The summed E-state index contributed by atoms with van der Waals surface area (Å²) < 4.78 is 0. The van der Waals surface area contributed by atoms with E-state index in [2.05, 4.69) is 37.6 Å². The SMILES string of the molecule is C=CC(=O)Nc1ccc(C(O)Nc2n[nH]c3c2CN(C(=O)NC2(CN(C)C)CC2)C3(C)C)cc1. The van der Waals surface area contributed by atoms with Crippen LogP contribution >= 0.6 is 0 Å². The minimum absolute atomic E-state index is 0.0994. The Morgan fingerprint density at radius 2 is 1.97 bits per heavy atom. The quantitative estimate of drug-likeness (QED) is 0.300. The lowest BCUT2D eigenvalue weighted by Crippen LogP contribution is -2.52.